The summed E-state index contributed by atoms with van der Waals surface area (Å²) in [5, 5.41) is 8.38. The molecule has 1 amide bonds. The third-order valence-electron chi connectivity index (χ3n) is 0.302. The van der Waals surface area contributed by atoms with Crippen LogP contribution < -0.4 is 5.84 Å². The Balaban J connectivity index is 0. The van der Waals surface area contributed by atoms with Crippen LogP contribution in [0.15, 0.2) is 0 Å². The van der Waals surface area contributed by atoms with Crippen LogP contribution in [0.1, 0.15) is 0 Å². The second-order valence-electron chi connectivity index (χ2n) is 0.893. The van der Waals surface area contributed by atoms with E-state index in [2.05, 4.69) is 5.84 Å². The molecular formula is C2H6N2NiO2. The molecule has 0 bridgehead atoms. The van der Waals surface area contributed by atoms with E-state index < -0.39 is 6.09 Å². The zero-order valence-corrected chi connectivity index (χ0v) is 4.68. The maximum atomic E-state index is 9.50. The van der Waals surface area contributed by atoms with Crippen molar-refractivity contribution >= 4 is 6.09 Å². The Morgan fingerprint density at radius 3 is 2.00 bits per heavy atom. The van der Waals surface area contributed by atoms with Crippen LogP contribution in [0.2, 0.25) is 0 Å². The monoisotopic (exact) mass is 148 g/mol. The molecule has 0 heterocycles. The van der Waals surface area contributed by atoms with Gasteiger partial charge < -0.3 is 5.11 Å². The van der Waals surface area contributed by atoms with Crippen molar-refractivity contribution in [1.29, 1.82) is 0 Å². The van der Waals surface area contributed by atoms with Crippen LogP contribution >= 0.6 is 0 Å². The van der Waals surface area contributed by atoms with Crippen molar-refractivity contribution in [2.75, 3.05) is 7.05 Å². The average Bonchev–Trinajstić information content (AvgIpc) is 1.36. The summed E-state index contributed by atoms with van der Waals surface area (Å²) in [6.45, 7) is 0. The molecule has 0 atom stereocenters. The number of hydrazine groups is 1. The summed E-state index contributed by atoms with van der Waals surface area (Å²) in [6, 6.07) is 0. The van der Waals surface area contributed by atoms with E-state index in [1.165, 1.54) is 7.05 Å². The van der Waals surface area contributed by atoms with Crippen LogP contribution in [0.25, 0.3) is 0 Å². The molecule has 0 radical (unpaired) electrons. The molecule has 0 aliphatic rings. The van der Waals surface area contributed by atoms with Gasteiger partial charge in [0.05, 0.1) is 0 Å². The Bertz CT molecular complexity index is 64.7. The van der Waals surface area contributed by atoms with Crippen molar-refractivity contribution < 1.29 is 26.4 Å². The molecular weight excluding hydrogens is 143 g/mol. The van der Waals surface area contributed by atoms with E-state index in [0.29, 0.717) is 5.01 Å². The van der Waals surface area contributed by atoms with E-state index in [1.807, 2.05) is 0 Å². The van der Waals surface area contributed by atoms with Gasteiger partial charge in [0.15, 0.2) is 0 Å². The minimum atomic E-state index is -1.13. The minimum Gasteiger partial charge on any atom is -0.464 e. The second-order valence-corrected chi connectivity index (χ2v) is 0.893. The van der Waals surface area contributed by atoms with Gasteiger partial charge in [-0.1, -0.05) is 0 Å². The molecule has 3 N–H and O–H groups in total. The Hall–Kier alpha value is -0.276. The summed E-state index contributed by atoms with van der Waals surface area (Å²) >= 11 is 0. The van der Waals surface area contributed by atoms with Gasteiger partial charge in [-0.2, -0.15) is 0 Å². The summed E-state index contributed by atoms with van der Waals surface area (Å²) in [5.41, 5.74) is 0. The van der Waals surface area contributed by atoms with Gasteiger partial charge >= 0.3 is 6.09 Å². The number of amides is 1. The SMILES string of the molecule is CN(N)C(=O)O.[Ni]. The molecule has 0 rings (SSSR count). The molecule has 0 unspecified atom stereocenters. The number of hydrogen-bond acceptors (Lipinski definition) is 2. The quantitative estimate of drug-likeness (QED) is 0.210. The molecule has 0 aliphatic heterocycles. The number of hydrogen-bond donors (Lipinski definition) is 2. The van der Waals surface area contributed by atoms with Crippen LogP contribution in [-0.2, 0) is 16.5 Å². The summed E-state index contributed by atoms with van der Waals surface area (Å²) in [6.07, 6.45) is -1.13. The average molecular weight is 149 g/mol. The smallest absolute Gasteiger partial charge is 0.421 e. The molecule has 0 aromatic carbocycles. The normalized spacial score (nSPS) is 6.57. The number of nitrogens with zero attached hydrogens (tertiary/aromatic N) is 1. The maximum Gasteiger partial charge on any atom is 0.421 e. The van der Waals surface area contributed by atoms with Crippen molar-refractivity contribution in [3.05, 3.63) is 0 Å². The molecule has 5 heteroatoms. The Morgan fingerprint density at radius 2 is 2.00 bits per heavy atom. The topological polar surface area (TPSA) is 66.6 Å². The first-order valence-electron chi connectivity index (χ1n) is 1.36. The van der Waals surface area contributed by atoms with E-state index in [-0.39, 0.29) is 16.5 Å². The zero-order valence-electron chi connectivity index (χ0n) is 3.70. The largest absolute Gasteiger partial charge is 0.464 e. The van der Waals surface area contributed by atoms with Crippen molar-refractivity contribution in [1.82, 2.24) is 5.01 Å². The van der Waals surface area contributed by atoms with E-state index >= 15 is 0 Å². The zero-order chi connectivity index (χ0) is 5.15. The standard InChI is InChI=1S/C2H6N2O2.Ni/c1-4(3)2(5)6;/h3H2,1H3,(H,5,6);. The molecule has 0 aromatic heterocycles. The van der Waals surface area contributed by atoms with Gasteiger partial charge in [0.1, 0.15) is 0 Å². The molecule has 46 valence electrons. The van der Waals surface area contributed by atoms with Gasteiger partial charge in [0, 0.05) is 23.5 Å². The van der Waals surface area contributed by atoms with Gasteiger partial charge in [-0.15, -0.1) is 0 Å². The summed E-state index contributed by atoms with van der Waals surface area (Å²) in [7, 11) is 1.25. The third-order valence-corrected chi connectivity index (χ3v) is 0.302. The first-order valence-corrected chi connectivity index (χ1v) is 1.36. The van der Waals surface area contributed by atoms with Gasteiger partial charge in [-0.3, -0.25) is 0 Å². The first-order chi connectivity index (χ1) is 2.64. The Kier molecular flexibility index (Phi) is 5.50. The maximum absolute atomic E-state index is 9.50. The molecule has 4 nitrogen and oxygen atoms in total. The van der Waals surface area contributed by atoms with Gasteiger partial charge in [0.25, 0.3) is 0 Å². The third kappa shape index (κ3) is 5.72. The summed E-state index contributed by atoms with van der Waals surface area (Å²) in [4.78, 5) is 9.50. The Morgan fingerprint density at radius 1 is 1.86 bits per heavy atom. The molecule has 0 saturated heterocycles. The van der Waals surface area contributed by atoms with Gasteiger partial charge in [-0.05, 0) is 0 Å². The van der Waals surface area contributed by atoms with Crippen LogP contribution in [0.4, 0.5) is 4.79 Å². The van der Waals surface area contributed by atoms with E-state index in [9.17, 15) is 4.79 Å². The van der Waals surface area contributed by atoms with Crippen LogP contribution in [0, 0.1) is 0 Å². The van der Waals surface area contributed by atoms with Crippen LogP contribution in [0.3, 0.4) is 0 Å². The number of nitrogens with two attached hydrogens (primary N) is 1. The number of carbonyl (C=O) groups is 1. The van der Waals surface area contributed by atoms with Crippen LogP contribution in [-0.4, -0.2) is 23.3 Å². The Labute approximate surface area is 51.2 Å². The first kappa shape index (κ1) is 9.87. The van der Waals surface area contributed by atoms with E-state index in [4.69, 9.17) is 5.11 Å². The predicted molar refractivity (Wildman–Crippen MR) is 20.0 cm³/mol. The second kappa shape index (κ2) is 3.90. The number of rotatable bonds is 0. The number of carboxylic acid groups (broad SMARTS) is 1. The van der Waals surface area contributed by atoms with Crippen LogP contribution in [0.5, 0.6) is 0 Å². The fourth-order valence-corrected chi connectivity index (χ4v) is 0. The van der Waals surface area contributed by atoms with Crippen molar-refractivity contribution in [3.63, 3.8) is 0 Å². The fraction of sp³-hybridized carbons (Fsp3) is 0.500. The predicted octanol–water partition coefficient (Wildman–Crippen LogP) is -0.533. The van der Waals surface area contributed by atoms with Crippen molar-refractivity contribution in [2.24, 2.45) is 5.84 Å². The summed E-state index contributed by atoms with van der Waals surface area (Å²) < 4.78 is 0. The van der Waals surface area contributed by atoms with E-state index in [1.54, 1.807) is 0 Å². The fourth-order valence-electron chi connectivity index (χ4n) is 0. The molecule has 0 aromatic rings. The molecule has 7 heavy (non-hydrogen) atoms. The minimum absolute atomic E-state index is 0. The van der Waals surface area contributed by atoms with Crippen molar-refractivity contribution in [2.45, 2.75) is 0 Å². The van der Waals surface area contributed by atoms with E-state index in [0.717, 1.165) is 0 Å². The molecule has 0 fully saturated rings. The molecule has 0 saturated carbocycles. The van der Waals surface area contributed by atoms with Gasteiger partial charge in [0.2, 0.25) is 0 Å². The van der Waals surface area contributed by atoms with Crippen molar-refractivity contribution in [3.8, 4) is 0 Å². The van der Waals surface area contributed by atoms with Gasteiger partial charge in [-0.25, -0.2) is 15.6 Å². The molecule has 0 aliphatic carbocycles. The molecule has 0 spiro atoms. The summed E-state index contributed by atoms with van der Waals surface area (Å²) in [5.74, 6) is 4.67.